The minimum atomic E-state index is -0.922. The van der Waals surface area contributed by atoms with Gasteiger partial charge in [0, 0.05) is 4.75 Å². The van der Waals surface area contributed by atoms with Crippen molar-refractivity contribution in [1.82, 2.24) is 10.2 Å². The van der Waals surface area contributed by atoms with Crippen molar-refractivity contribution in [2.75, 3.05) is 0 Å². The maximum atomic E-state index is 12.7. The number of fused-ring (bicyclic) bond motifs is 1. The number of nitrogens with zero attached hydrogens (tertiary/aromatic N) is 1. The van der Waals surface area contributed by atoms with E-state index in [-0.39, 0.29) is 23.6 Å². The number of carbonyl (C=O) groups excluding carboxylic acids is 2. The van der Waals surface area contributed by atoms with Gasteiger partial charge in [-0.2, -0.15) is 0 Å². The minimum absolute atomic E-state index is 0.200. The van der Waals surface area contributed by atoms with Gasteiger partial charge in [-0.25, -0.2) is 4.79 Å². The van der Waals surface area contributed by atoms with Crippen LogP contribution >= 0.6 is 11.8 Å². The largest absolute Gasteiger partial charge is 0.480 e. The summed E-state index contributed by atoms with van der Waals surface area (Å²) in [7, 11) is 0. The van der Waals surface area contributed by atoms with Gasteiger partial charge in [-0.05, 0) is 18.4 Å². The standard InChI is InChI=1S/C20H24N2O4S/c23-14(12-13-8-4-3-5-9-13)21-15-17(24)22-16(19(25)26)20(27-18(15)22)10-6-1-2-7-11-20/h3-5,8-9,15-16,18H,1-2,6-7,10-12H2,(H,21,23)(H,25,26)/t15?,16?,18-/m0/s1. The molecule has 0 aromatic heterocycles. The van der Waals surface area contributed by atoms with Crippen molar-refractivity contribution in [3.63, 3.8) is 0 Å². The van der Waals surface area contributed by atoms with Gasteiger partial charge in [0.1, 0.15) is 17.5 Å². The summed E-state index contributed by atoms with van der Waals surface area (Å²) in [5.74, 6) is -1.38. The molecular formula is C20H24N2O4S. The summed E-state index contributed by atoms with van der Waals surface area (Å²) < 4.78 is -0.415. The number of carbonyl (C=O) groups is 3. The molecule has 2 aliphatic heterocycles. The van der Waals surface area contributed by atoms with Gasteiger partial charge in [-0.3, -0.25) is 9.59 Å². The highest BCUT2D eigenvalue weighted by Gasteiger charge is 2.66. The van der Waals surface area contributed by atoms with Crippen LogP contribution in [0.15, 0.2) is 30.3 Å². The molecule has 1 aromatic carbocycles. The number of thioether (sulfide) groups is 1. The van der Waals surface area contributed by atoms with Gasteiger partial charge in [-0.15, -0.1) is 11.8 Å². The van der Waals surface area contributed by atoms with Crippen LogP contribution in [0, 0.1) is 0 Å². The van der Waals surface area contributed by atoms with Gasteiger partial charge in [0.05, 0.1) is 6.42 Å². The molecular weight excluding hydrogens is 364 g/mol. The SMILES string of the molecule is O=C(Cc1ccccc1)NC1C(=O)N2C(C(=O)O)C3(CCCCCC3)S[C@@H]12. The molecule has 3 aliphatic rings. The number of benzene rings is 1. The molecule has 1 saturated carbocycles. The lowest BCUT2D eigenvalue weighted by molar-refractivity contribution is -0.161. The molecule has 1 spiro atoms. The average Bonchev–Trinajstić information content (AvgIpc) is 2.76. The summed E-state index contributed by atoms with van der Waals surface area (Å²) in [6, 6.07) is 8.00. The smallest absolute Gasteiger partial charge is 0.327 e. The van der Waals surface area contributed by atoms with E-state index < -0.39 is 22.8 Å². The highest BCUT2D eigenvalue weighted by molar-refractivity contribution is 8.01. The first-order chi connectivity index (χ1) is 13.0. The van der Waals surface area contributed by atoms with E-state index >= 15 is 0 Å². The molecule has 7 heteroatoms. The molecule has 0 radical (unpaired) electrons. The minimum Gasteiger partial charge on any atom is -0.480 e. The molecule has 2 heterocycles. The molecule has 27 heavy (non-hydrogen) atoms. The molecule has 1 aliphatic carbocycles. The number of carboxylic acids is 1. The number of nitrogens with one attached hydrogen (secondary N) is 1. The van der Waals surface area contributed by atoms with Crippen LogP contribution in [0.4, 0.5) is 0 Å². The third-order valence-corrected chi connectivity index (χ3v) is 7.76. The molecule has 3 fully saturated rings. The second kappa shape index (κ2) is 7.19. The maximum Gasteiger partial charge on any atom is 0.327 e. The van der Waals surface area contributed by atoms with Crippen molar-refractivity contribution in [3.05, 3.63) is 35.9 Å². The number of carboxylic acid groups (broad SMARTS) is 1. The van der Waals surface area contributed by atoms with E-state index in [4.69, 9.17) is 0 Å². The Morgan fingerprint density at radius 1 is 1.15 bits per heavy atom. The van der Waals surface area contributed by atoms with Gasteiger partial charge >= 0.3 is 5.97 Å². The van der Waals surface area contributed by atoms with Crippen molar-refractivity contribution in [3.8, 4) is 0 Å². The van der Waals surface area contributed by atoms with Crippen LogP contribution < -0.4 is 5.32 Å². The van der Waals surface area contributed by atoms with E-state index in [0.29, 0.717) is 0 Å². The van der Waals surface area contributed by atoms with Crippen LogP contribution in [0.5, 0.6) is 0 Å². The fourth-order valence-corrected chi connectivity index (χ4v) is 6.65. The Morgan fingerprint density at radius 3 is 2.44 bits per heavy atom. The molecule has 6 nitrogen and oxygen atoms in total. The topological polar surface area (TPSA) is 86.7 Å². The molecule has 3 atom stereocenters. The highest BCUT2D eigenvalue weighted by atomic mass is 32.2. The van der Waals surface area contributed by atoms with Crippen LogP contribution in [-0.2, 0) is 20.8 Å². The lowest BCUT2D eigenvalue weighted by atomic mass is 9.87. The predicted octanol–water partition coefficient (Wildman–Crippen LogP) is 2.18. The monoisotopic (exact) mass is 388 g/mol. The van der Waals surface area contributed by atoms with Gasteiger partial charge in [0.25, 0.3) is 0 Å². The van der Waals surface area contributed by atoms with Crippen molar-refractivity contribution < 1.29 is 19.5 Å². The first-order valence-electron chi connectivity index (χ1n) is 9.58. The average molecular weight is 388 g/mol. The Balaban J connectivity index is 1.48. The second-order valence-electron chi connectivity index (χ2n) is 7.68. The summed E-state index contributed by atoms with van der Waals surface area (Å²) in [5, 5.41) is 12.4. The zero-order chi connectivity index (χ0) is 19.0. The van der Waals surface area contributed by atoms with Gasteiger partial charge in [-0.1, -0.05) is 56.0 Å². The van der Waals surface area contributed by atoms with Crippen molar-refractivity contribution in [2.45, 2.75) is 67.2 Å². The summed E-state index contributed by atoms with van der Waals surface area (Å²) >= 11 is 1.60. The molecule has 2 saturated heterocycles. The summed E-state index contributed by atoms with van der Waals surface area (Å²) in [6.07, 6.45) is 6.08. The fourth-order valence-electron chi connectivity index (χ4n) is 4.64. The van der Waals surface area contributed by atoms with E-state index in [2.05, 4.69) is 5.32 Å². The zero-order valence-corrected chi connectivity index (χ0v) is 15.9. The van der Waals surface area contributed by atoms with Crippen molar-refractivity contribution in [1.29, 1.82) is 0 Å². The summed E-state index contributed by atoms with van der Waals surface area (Å²) in [6.45, 7) is 0. The van der Waals surface area contributed by atoms with Crippen molar-refractivity contribution in [2.24, 2.45) is 0 Å². The molecule has 4 rings (SSSR count). The van der Waals surface area contributed by atoms with Gasteiger partial charge in [0.2, 0.25) is 11.8 Å². The third kappa shape index (κ3) is 3.22. The maximum absolute atomic E-state index is 12.7. The van der Waals surface area contributed by atoms with Crippen LogP contribution in [-0.4, -0.2) is 50.0 Å². The highest BCUT2D eigenvalue weighted by Crippen LogP contribution is 2.56. The first kappa shape index (κ1) is 18.3. The number of aliphatic carboxylic acids is 1. The number of hydrogen-bond acceptors (Lipinski definition) is 4. The molecule has 0 bridgehead atoms. The zero-order valence-electron chi connectivity index (χ0n) is 15.1. The van der Waals surface area contributed by atoms with E-state index in [9.17, 15) is 19.5 Å². The second-order valence-corrected chi connectivity index (χ2v) is 9.21. The molecule has 2 amide bonds. The quantitative estimate of drug-likeness (QED) is 0.772. The Hall–Kier alpha value is -2.02. The first-order valence-corrected chi connectivity index (χ1v) is 10.5. The molecule has 1 aromatic rings. The Kier molecular flexibility index (Phi) is 4.88. The molecule has 2 unspecified atom stereocenters. The lowest BCUT2D eigenvalue weighted by Crippen LogP contribution is -2.70. The fraction of sp³-hybridized carbons (Fsp3) is 0.550. The number of hydrogen-bond donors (Lipinski definition) is 2. The van der Waals surface area contributed by atoms with E-state index in [0.717, 1.165) is 44.1 Å². The van der Waals surface area contributed by atoms with Crippen LogP contribution in [0.2, 0.25) is 0 Å². The van der Waals surface area contributed by atoms with Crippen LogP contribution in [0.25, 0.3) is 0 Å². The molecule has 2 N–H and O–H groups in total. The summed E-state index contributed by atoms with van der Waals surface area (Å²) in [5.41, 5.74) is 0.890. The van der Waals surface area contributed by atoms with Gasteiger partial charge < -0.3 is 15.3 Å². The summed E-state index contributed by atoms with van der Waals surface area (Å²) in [4.78, 5) is 38.6. The number of amides is 2. The predicted molar refractivity (Wildman–Crippen MR) is 102 cm³/mol. The Labute approximate surface area is 162 Å². The number of β-lactam (4-membered cyclic amide) rings is 1. The third-order valence-electron chi connectivity index (χ3n) is 5.92. The van der Waals surface area contributed by atoms with E-state index in [1.165, 1.54) is 4.90 Å². The van der Waals surface area contributed by atoms with Crippen LogP contribution in [0.3, 0.4) is 0 Å². The number of rotatable bonds is 4. The van der Waals surface area contributed by atoms with Crippen LogP contribution in [0.1, 0.15) is 44.1 Å². The van der Waals surface area contributed by atoms with Crippen molar-refractivity contribution >= 4 is 29.5 Å². The molecule has 144 valence electrons. The van der Waals surface area contributed by atoms with E-state index in [1.807, 2.05) is 30.3 Å². The lowest BCUT2D eigenvalue weighted by Gasteiger charge is -2.43. The van der Waals surface area contributed by atoms with E-state index in [1.54, 1.807) is 11.8 Å². The van der Waals surface area contributed by atoms with Gasteiger partial charge in [0.15, 0.2) is 0 Å². The Bertz CT molecular complexity index is 746. The normalized spacial score (nSPS) is 29.0. The Morgan fingerprint density at radius 2 is 1.81 bits per heavy atom.